The van der Waals surface area contributed by atoms with Crippen molar-refractivity contribution in [2.45, 2.75) is 51.1 Å². The number of aryl methyl sites for hydroxylation is 1. The van der Waals surface area contributed by atoms with Gasteiger partial charge in [-0.2, -0.15) is 26.3 Å². The molecule has 3 saturated heterocycles. The van der Waals surface area contributed by atoms with Gasteiger partial charge in [0.15, 0.2) is 6.35 Å². The number of benzene rings is 2. The van der Waals surface area contributed by atoms with Gasteiger partial charge in [-0.25, -0.2) is 9.18 Å². The molecular weight excluding hydrogens is 585 g/mol. The van der Waals surface area contributed by atoms with Crippen LogP contribution in [0.15, 0.2) is 36.4 Å². The largest absolute Gasteiger partial charge is 0.416 e. The number of fused-ring (bicyclic) bond motifs is 1. The highest BCUT2D eigenvalue weighted by Gasteiger charge is 2.49. The molecule has 0 spiro atoms. The molecule has 43 heavy (non-hydrogen) atoms. The number of alkyl halides is 6. The lowest BCUT2D eigenvalue weighted by Gasteiger charge is -2.45. The van der Waals surface area contributed by atoms with Crippen LogP contribution in [0.2, 0.25) is 0 Å². The number of carbonyl (C=O) groups is 2. The summed E-state index contributed by atoms with van der Waals surface area (Å²) in [6, 6.07) is 3.19. The smallest absolute Gasteiger partial charge is 0.335 e. The van der Waals surface area contributed by atoms with Gasteiger partial charge in [0, 0.05) is 32.6 Å². The van der Waals surface area contributed by atoms with E-state index >= 15 is 0 Å². The molecule has 3 aliphatic rings. The quantitative estimate of drug-likeness (QED) is 0.448. The van der Waals surface area contributed by atoms with Crippen LogP contribution in [0.25, 0.3) is 0 Å². The second-order valence-corrected chi connectivity index (χ2v) is 11.4. The van der Waals surface area contributed by atoms with Crippen molar-refractivity contribution in [2.24, 2.45) is 11.8 Å². The minimum atomic E-state index is -5.09. The SMILES string of the molecule is Cc1cc(F)ccc1[C@H]1[C@@H]2CN(C3NC(=O)CO3)CC2CCN1C(=O)N(C)C(C)c1ccc(C(F)(F)F)cc1C(F)(F)F. The van der Waals surface area contributed by atoms with Crippen LogP contribution in [-0.4, -0.2) is 66.3 Å². The molecule has 7 nitrogen and oxygen atoms in total. The van der Waals surface area contributed by atoms with Crippen LogP contribution in [0, 0.1) is 24.6 Å². The van der Waals surface area contributed by atoms with E-state index in [-0.39, 0.29) is 37.0 Å². The minimum absolute atomic E-state index is 0.0668. The normalized spacial score (nSPS) is 25.4. The third-order valence-corrected chi connectivity index (χ3v) is 8.81. The van der Waals surface area contributed by atoms with Crippen molar-refractivity contribution in [1.29, 1.82) is 0 Å². The summed E-state index contributed by atoms with van der Waals surface area (Å²) < 4.78 is 101. The van der Waals surface area contributed by atoms with Crippen molar-refractivity contribution in [3.8, 4) is 0 Å². The summed E-state index contributed by atoms with van der Waals surface area (Å²) in [6.45, 7) is 4.20. The number of rotatable bonds is 4. The van der Waals surface area contributed by atoms with E-state index in [0.29, 0.717) is 36.7 Å². The lowest BCUT2D eigenvalue weighted by Crippen LogP contribution is -2.51. The first-order chi connectivity index (χ1) is 20.1. The molecule has 3 aliphatic heterocycles. The zero-order valence-electron chi connectivity index (χ0n) is 23.6. The molecule has 14 heteroatoms. The summed E-state index contributed by atoms with van der Waals surface area (Å²) in [5.74, 6) is -0.813. The average molecular weight is 617 g/mol. The number of ether oxygens (including phenoxy) is 1. The summed E-state index contributed by atoms with van der Waals surface area (Å²) in [6.07, 6.45) is -10.1. The van der Waals surface area contributed by atoms with Crippen molar-refractivity contribution < 1.29 is 45.1 Å². The molecular formula is C29H31F7N4O3. The Hall–Kier alpha value is -3.39. The van der Waals surface area contributed by atoms with E-state index in [2.05, 4.69) is 5.32 Å². The average Bonchev–Trinajstić information content (AvgIpc) is 3.56. The number of likely N-dealkylation sites (tertiary alicyclic amines) is 2. The van der Waals surface area contributed by atoms with Gasteiger partial charge in [0.1, 0.15) is 12.4 Å². The van der Waals surface area contributed by atoms with Gasteiger partial charge >= 0.3 is 18.4 Å². The number of carbonyl (C=O) groups excluding carboxylic acids is 2. The number of hydrogen-bond acceptors (Lipinski definition) is 4. The van der Waals surface area contributed by atoms with Crippen LogP contribution in [-0.2, 0) is 21.9 Å². The molecule has 234 valence electrons. The van der Waals surface area contributed by atoms with Gasteiger partial charge in [-0.15, -0.1) is 0 Å². The van der Waals surface area contributed by atoms with Crippen LogP contribution >= 0.6 is 0 Å². The maximum atomic E-state index is 14.1. The highest BCUT2D eigenvalue weighted by atomic mass is 19.4. The fourth-order valence-corrected chi connectivity index (χ4v) is 6.54. The Kier molecular flexibility index (Phi) is 8.14. The van der Waals surface area contributed by atoms with E-state index in [0.717, 1.165) is 11.0 Å². The molecule has 5 rings (SSSR count). The maximum absolute atomic E-state index is 14.1. The van der Waals surface area contributed by atoms with Crippen molar-refractivity contribution in [3.63, 3.8) is 0 Å². The van der Waals surface area contributed by atoms with Crippen LogP contribution in [0.4, 0.5) is 35.5 Å². The van der Waals surface area contributed by atoms with E-state index in [1.54, 1.807) is 17.9 Å². The van der Waals surface area contributed by atoms with Crippen LogP contribution < -0.4 is 5.32 Å². The van der Waals surface area contributed by atoms with Crippen LogP contribution in [0.1, 0.15) is 53.2 Å². The Balaban J connectivity index is 1.47. The number of nitrogens with one attached hydrogen (secondary N) is 1. The predicted molar refractivity (Wildman–Crippen MR) is 140 cm³/mol. The summed E-state index contributed by atoms with van der Waals surface area (Å²) in [5.41, 5.74) is -2.11. The summed E-state index contributed by atoms with van der Waals surface area (Å²) in [5, 5.41) is 2.76. The van der Waals surface area contributed by atoms with E-state index < -0.39 is 59.3 Å². The zero-order chi connectivity index (χ0) is 31.4. The van der Waals surface area contributed by atoms with E-state index in [4.69, 9.17) is 4.74 Å². The highest BCUT2D eigenvalue weighted by Crippen LogP contribution is 2.46. The van der Waals surface area contributed by atoms with Crippen molar-refractivity contribution in [1.82, 2.24) is 20.0 Å². The maximum Gasteiger partial charge on any atom is 0.416 e. The highest BCUT2D eigenvalue weighted by molar-refractivity contribution is 5.78. The number of hydrogen-bond donors (Lipinski definition) is 1. The van der Waals surface area contributed by atoms with E-state index in [1.807, 2.05) is 4.90 Å². The van der Waals surface area contributed by atoms with Crippen molar-refractivity contribution >= 4 is 11.9 Å². The lowest BCUT2D eigenvalue weighted by atomic mass is 9.78. The molecule has 3 fully saturated rings. The third kappa shape index (κ3) is 6.03. The molecule has 2 aromatic rings. The first-order valence-corrected chi connectivity index (χ1v) is 13.8. The lowest BCUT2D eigenvalue weighted by molar-refractivity contribution is -0.143. The number of nitrogens with zero attached hydrogens (tertiary/aromatic N) is 3. The topological polar surface area (TPSA) is 65.1 Å². The van der Waals surface area contributed by atoms with Gasteiger partial charge in [0.25, 0.3) is 0 Å². The number of urea groups is 1. The molecule has 0 radical (unpaired) electrons. The Labute approximate surface area is 243 Å². The Morgan fingerprint density at radius 2 is 1.79 bits per heavy atom. The molecule has 1 N–H and O–H groups in total. The fraction of sp³-hybridized carbons (Fsp3) is 0.517. The van der Waals surface area contributed by atoms with Crippen LogP contribution in [0.5, 0.6) is 0 Å². The predicted octanol–water partition coefficient (Wildman–Crippen LogP) is 5.71. The summed E-state index contributed by atoms with van der Waals surface area (Å²) in [4.78, 5) is 30.4. The molecule has 0 aliphatic carbocycles. The Morgan fingerprint density at radius 3 is 2.40 bits per heavy atom. The van der Waals surface area contributed by atoms with E-state index in [9.17, 15) is 40.3 Å². The molecule has 5 atom stereocenters. The van der Waals surface area contributed by atoms with Gasteiger partial charge in [-0.1, -0.05) is 12.1 Å². The Morgan fingerprint density at radius 1 is 1.07 bits per heavy atom. The molecule has 0 saturated carbocycles. The molecule has 3 heterocycles. The van der Waals surface area contributed by atoms with Gasteiger partial charge in [0.2, 0.25) is 5.91 Å². The first-order valence-electron chi connectivity index (χ1n) is 13.8. The van der Waals surface area contributed by atoms with E-state index in [1.165, 1.54) is 26.1 Å². The van der Waals surface area contributed by atoms with Gasteiger partial charge in [-0.05, 0) is 67.1 Å². The second kappa shape index (κ2) is 11.3. The summed E-state index contributed by atoms with van der Waals surface area (Å²) in [7, 11) is 1.31. The molecule has 0 aromatic heterocycles. The number of halogens is 7. The Bertz CT molecular complexity index is 1400. The zero-order valence-corrected chi connectivity index (χ0v) is 23.6. The fourth-order valence-electron chi connectivity index (χ4n) is 6.54. The molecule has 2 aromatic carbocycles. The van der Waals surface area contributed by atoms with Gasteiger partial charge in [-0.3, -0.25) is 9.69 Å². The van der Waals surface area contributed by atoms with Crippen LogP contribution in [0.3, 0.4) is 0 Å². The number of amides is 3. The standard InChI is InChI=1S/C29H31F7N4O3/c1-15-10-19(30)5-7-20(15)25-22-13-39(26-37-24(41)14-43-26)12-17(22)8-9-40(25)27(42)38(3)16(2)21-6-4-18(28(31,32)33)11-23(21)29(34,35)36/h4-7,10-11,16-17,22,25-26H,8-9,12-14H2,1-3H3,(H,37,41)/t16?,17?,22-,25+,26?/m1/s1. The molecule has 0 bridgehead atoms. The summed E-state index contributed by atoms with van der Waals surface area (Å²) >= 11 is 0. The second-order valence-electron chi connectivity index (χ2n) is 11.4. The number of piperidine rings is 1. The van der Waals surface area contributed by atoms with Gasteiger partial charge in [0.05, 0.1) is 23.2 Å². The molecule has 3 unspecified atom stereocenters. The molecule has 3 amide bonds. The third-order valence-electron chi connectivity index (χ3n) is 8.81. The van der Waals surface area contributed by atoms with Crippen molar-refractivity contribution in [3.05, 3.63) is 70.0 Å². The first kappa shape index (κ1) is 31.0. The minimum Gasteiger partial charge on any atom is -0.335 e. The van der Waals surface area contributed by atoms with Gasteiger partial charge < -0.3 is 19.9 Å². The monoisotopic (exact) mass is 616 g/mol. The van der Waals surface area contributed by atoms with Crippen molar-refractivity contribution in [2.75, 3.05) is 33.3 Å².